The van der Waals surface area contributed by atoms with E-state index in [2.05, 4.69) is 15.6 Å². The Morgan fingerprint density at radius 3 is 3.00 bits per heavy atom. The van der Waals surface area contributed by atoms with Crippen molar-refractivity contribution >= 4 is 17.3 Å². The molecule has 0 bridgehead atoms. The molecule has 8 heteroatoms. The molecule has 0 atom stereocenters. The van der Waals surface area contributed by atoms with Gasteiger partial charge in [0.2, 0.25) is 0 Å². The average molecular weight is 330 g/mol. The Labute approximate surface area is 137 Å². The van der Waals surface area contributed by atoms with E-state index in [1.54, 1.807) is 13.0 Å². The van der Waals surface area contributed by atoms with Crippen LogP contribution in [0.25, 0.3) is 0 Å². The number of hydrogen-bond acceptors (Lipinski definition) is 5. The first kappa shape index (κ1) is 16.0. The third-order valence-electron chi connectivity index (χ3n) is 3.98. The molecular weight excluding hydrogens is 315 g/mol. The maximum Gasteiger partial charge on any atom is 0.288 e. The van der Waals surface area contributed by atoms with E-state index in [-0.39, 0.29) is 16.9 Å². The first-order valence-corrected chi connectivity index (χ1v) is 7.40. The number of nitrogens with zero attached hydrogens (tertiary/aromatic N) is 2. The molecular formula is C16H15FN4O3. The van der Waals surface area contributed by atoms with Crippen LogP contribution < -0.4 is 10.6 Å². The summed E-state index contributed by atoms with van der Waals surface area (Å²) in [4.78, 5) is 26.4. The van der Waals surface area contributed by atoms with Crippen molar-refractivity contribution in [1.82, 2.24) is 10.3 Å². The number of hydrogen-bond donors (Lipinski definition) is 2. The first-order chi connectivity index (χ1) is 11.5. The molecule has 1 aliphatic heterocycles. The lowest BCUT2D eigenvalue weighted by molar-refractivity contribution is -0.385. The van der Waals surface area contributed by atoms with Gasteiger partial charge in [-0.2, -0.15) is 0 Å². The zero-order valence-corrected chi connectivity index (χ0v) is 12.9. The smallest absolute Gasteiger partial charge is 0.288 e. The molecule has 2 heterocycles. The van der Waals surface area contributed by atoms with E-state index in [0.29, 0.717) is 30.8 Å². The number of aryl methyl sites for hydroxylation is 1. The summed E-state index contributed by atoms with van der Waals surface area (Å²) in [5, 5.41) is 16.5. The molecule has 124 valence electrons. The Bertz CT molecular complexity index is 838. The van der Waals surface area contributed by atoms with Gasteiger partial charge in [-0.15, -0.1) is 0 Å². The normalized spacial score (nSPS) is 13.2. The van der Waals surface area contributed by atoms with Crippen molar-refractivity contribution in [3.8, 4) is 0 Å². The van der Waals surface area contributed by atoms with Crippen LogP contribution in [0.1, 0.15) is 27.2 Å². The molecule has 1 aromatic carbocycles. The molecule has 0 spiro atoms. The quantitative estimate of drug-likeness (QED) is 0.665. The van der Waals surface area contributed by atoms with Crippen LogP contribution in [0.3, 0.4) is 0 Å². The van der Waals surface area contributed by atoms with Crippen LogP contribution in [-0.4, -0.2) is 22.4 Å². The monoisotopic (exact) mass is 330 g/mol. The Morgan fingerprint density at radius 2 is 2.25 bits per heavy atom. The fraction of sp³-hybridized carbons (Fsp3) is 0.250. The summed E-state index contributed by atoms with van der Waals surface area (Å²) in [7, 11) is 0. The van der Waals surface area contributed by atoms with Gasteiger partial charge >= 0.3 is 0 Å². The van der Waals surface area contributed by atoms with E-state index in [1.165, 1.54) is 6.07 Å². The van der Waals surface area contributed by atoms with Crippen molar-refractivity contribution < 1.29 is 14.1 Å². The molecule has 0 fully saturated rings. The molecule has 1 aromatic heterocycles. The fourth-order valence-electron chi connectivity index (χ4n) is 2.67. The predicted octanol–water partition coefficient (Wildman–Crippen LogP) is 2.34. The second kappa shape index (κ2) is 6.32. The highest BCUT2D eigenvalue weighted by Gasteiger charge is 2.20. The number of anilines is 1. The van der Waals surface area contributed by atoms with Gasteiger partial charge in [0, 0.05) is 12.6 Å². The Kier molecular flexibility index (Phi) is 4.22. The maximum atomic E-state index is 14.6. The number of nitro groups is 1. The van der Waals surface area contributed by atoms with E-state index in [9.17, 15) is 19.3 Å². The van der Waals surface area contributed by atoms with E-state index in [4.69, 9.17) is 0 Å². The van der Waals surface area contributed by atoms with E-state index < -0.39 is 16.6 Å². The second-order valence-electron chi connectivity index (χ2n) is 5.53. The van der Waals surface area contributed by atoms with Gasteiger partial charge in [-0.3, -0.25) is 19.9 Å². The molecule has 0 aliphatic carbocycles. The molecule has 0 radical (unpaired) electrons. The fourth-order valence-corrected chi connectivity index (χ4v) is 2.67. The Morgan fingerprint density at radius 1 is 1.46 bits per heavy atom. The Hall–Kier alpha value is -2.87. The van der Waals surface area contributed by atoms with E-state index in [0.717, 1.165) is 17.8 Å². The lowest BCUT2D eigenvalue weighted by Gasteiger charge is -2.19. The summed E-state index contributed by atoms with van der Waals surface area (Å²) >= 11 is 0. The summed E-state index contributed by atoms with van der Waals surface area (Å²) in [6.07, 6.45) is 1.63. The van der Waals surface area contributed by atoms with Crippen LogP contribution in [-0.2, 0) is 13.0 Å². The molecule has 3 rings (SSSR count). The molecule has 24 heavy (non-hydrogen) atoms. The molecule has 0 saturated heterocycles. The number of rotatable bonds is 3. The lowest BCUT2D eigenvalue weighted by Crippen LogP contribution is -2.25. The predicted molar refractivity (Wildman–Crippen MR) is 85.4 cm³/mol. The van der Waals surface area contributed by atoms with Crippen molar-refractivity contribution in [2.45, 2.75) is 19.9 Å². The van der Waals surface area contributed by atoms with Gasteiger partial charge in [-0.25, -0.2) is 4.39 Å². The molecule has 0 unspecified atom stereocenters. The molecule has 1 amide bonds. The minimum Gasteiger partial charge on any atom is -0.319 e. The number of fused-ring (bicyclic) bond motifs is 1. The van der Waals surface area contributed by atoms with Crippen molar-refractivity contribution in [3.63, 3.8) is 0 Å². The van der Waals surface area contributed by atoms with Gasteiger partial charge < -0.3 is 10.6 Å². The Balaban J connectivity index is 1.90. The lowest BCUT2D eigenvalue weighted by atomic mass is 9.99. The van der Waals surface area contributed by atoms with Gasteiger partial charge in [0.1, 0.15) is 12.0 Å². The van der Waals surface area contributed by atoms with Gasteiger partial charge in [-0.05, 0) is 37.1 Å². The second-order valence-corrected chi connectivity index (χ2v) is 5.53. The zero-order valence-electron chi connectivity index (χ0n) is 12.9. The van der Waals surface area contributed by atoms with Crippen LogP contribution in [0.2, 0.25) is 0 Å². The van der Waals surface area contributed by atoms with Crippen molar-refractivity contribution in [2.24, 2.45) is 0 Å². The number of carbonyl (C=O) groups is 1. The molecule has 2 aromatic rings. The van der Waals surface area contributed by atoms with Crippen molar-refractivity contribution in [1.29, 1.82) is 0 Å². The summed E-state index contributed by atoms with van der Waals surface area (Å²) in [5.74, 6) is -1.09. The summed E-state index contributed by atoms with van der Waals surface area (Å²) in [5.41, 5.74) is 1.60. The highest BCUT2D eigenvalue weighted by Crippen LogP contribution is 2.25. The number of benzene rings is 1. The zero-order chi connectivity index (χ0) is 17.3. The minimum absolute atomic E-state index is 0.0444. The van der Waals surface area contributed by atoms with Crippen LogP contribution in [0.15, 0.2) is 24.4 Å². The van der Waals surface area contributed by atoms with Crippen LogP contribution >= 0.6 is 0 Å². The third-order valence-corrected chi connectivity index (χ3v) is 3.98. The molecule has 7 nitrogen and oxygen atoms in total. The average Bonchev–Trinajstić information content (AvgIpc) is 2.57. The standard InChI is InChI=1S/C16H15FN4O3/c1-9-13(6-11(8-19-9)21(23)24)16(22)20-14-3-2-10-7-18-5-4-12(10)15(14)17/h2-3,6,8,18H,4-5,7H2,1H3,(H,20,22). The van der Waals surface area contributed by atoms with Crippen LogP contribution in [0.4, 0.5) is 15.8 Å². The van der Waals surface area contributed by atoms with E-state index >= 15 is 0 Å². The number of amides is 1. The number of nitrogens with one attached hydrogen (secondary N) is 2. The molecule has 1 aliphatic rings. The number of halogens is 1. The largest absolute Gasteiger partial charge is 0.319 e. The number of pyridine rings is 1. The minimum atomic E-state index is -0.629. The summed E-state index contributed by atoms with van der Waals surface area (Å²) < 4.78 is 14.6. The topological polar surface area (TPSA) is 97.2 Å². The van der Waals surface area contributed by atoms with Crippen LogP contribution in [0.5, 0.6) is 0 Å². The summed E-state index contributed by atoms with van der Waals surface area (Å²) in [6, 6.07) is 4.40. The summed E-state index contributed by atoms with van der Waals surface area (Å²) in [6.45, 7) is 2.83. The molecule has 0 saturated carbocycles. The van der Waals surface area contributed by atoms with Crippen molar-refractivity contribution in [3.05, 3.63) is 62.7 Å². The highest BCUT2D eigenvalue weighted by atomic mass is 19.1. The van der Waals surface area contributed by atoms with E-state index in [1.807, 2.05) is 0 Å². The number of aromatic nitrogens is 1. The van der Waals surface area contributed by atoms with Gasteiger partial charge in [0.15, 0.2) is 0 Å². The third kappa shape index (κ3) is 2.95. The van der Waals surface area contributed by atoms with Crippen LogP contribution in [0, 0.1) is 22.9 Å². The van der Waals surface area contributed by atoms with Crippen molar-refractivity contribution in [2.75, 3.05) is 11.9 Å². The van der Waals surface area contributed by atoms with Gasteiger partial charge in [-0.1, -0.05) is 6.07 Å². The maximum absolute atomic E-state index is 14.6. The first-order valence-electron chi connectivity index (χ1n) is 7.40. The molecule has 2 N–H and O–H groups in total. The number of carbonyl (C=O) groups excluding carboxylic acids is 1. The highest BCUT2D eigenvalue weighted by molar-refractivity contribution is 6.05. The van der Waals surface area contributed by atoms with Gasteiger partial charge in [0.25, 0.3) is 11.6 Å². The van der Waals surface area contributed by atoms with Gasteiger partial charge in [0.05, 0.1) is 21.9 Å². The SMILES string of the molecule is Cc1ncc([N+](=O)[O-])cc1C(=O)Nc1ccc2c(c1F)CCNC2.